The Morgan fingerprint density at radius 1 is 1.53 bits per heavy atom. The summed E-state index contributed by atoms with van der Waals surface area (Å²) >= 11 is 0. The lowest BCUT2D eigenvalue weighted by Gasteiger charge is -2.02. The third kappa shape index (κ3) is 1.41. The standard InChI is InChI=1S/C11H9FN4O/c1-16-5-6(4-14-16)9-8-7(2-3-13-9)10(12)15-11(8)17/h2-5,10H,1H3,(H,15,17). The number of amides is 1. The van der Waals surface area contributed by atoms with Crippen LogP contribution in [-0.2, 0) is 7.05 Å². The molecule has 0 aliphatic carbocycles. The first-order valence-corrected chi connectivity index (χ1v) is 5.09. The average molecular weight is 232 g/mol. The highest BCUT2D eigenvalue weighted by molar-refractivity contribution is 6.04. The van der Waals surface area contributed by atoms with E-state index in [1.165, 1.54) is 12.3 Å². The molecule has 0 spiro atoms. The molecule has 1 N–H and O–H groups in total. The molecule has 17 heavy (non-hydrogen) atoms. The molecule has 3 heterocycles. The van der Waals surface area contributed by atoms with Gasteiger partial charge in [-0.05, 0) is 6.07 Å². The van der Waals surface area contributed by atoms with E-state index >= 15 is 0 Å². The van der Waals surface area contributed by atoms with Crippen molar-refractivity contribution in [1.29, 1.82) is 0 Å². The van der Waals surface area contributed by atoms with E-state index in [0.717, 1.165) is 0 Å². The van der Waals surface area contributed by atoms with Crippen LogP contribution < -0.4 is 5.32 Å². The number of aromatic nitrogens is 3. The molecule has 0 radical (unpaired) electrons. The van der Waals surface area contributed by atoms with E-state index in [1.807, 2.05) is 0 Å². The molecule has 6 heteroatoms. The fourth-order valence-electron chi connectivity index (χ4n) is 1.95. The molecular weight excluding hydrogens is 223 g/mol. The van der Waals surface area contributed by atoms with Crippen LogP contribution in [0, 0.1) is 0 Å². The molecule has 1 atom stereocenters. The number of aryl methyl sites for hydroxylation is 1. The predicted octanol–water partition coefficient (Wildman–Crippen LogP) is 1.19. The minimum Gasteiger partial charge on any atom is -0.318 e. The SMILES string of the molecule is Cn1cc(-c2nccc3c2C(=O)NC3F)cn1. The van der Waals surface area contributed by atoms with Gasteiger partial charge in [-0.3, -0.25) is 14.5 Å². The second kappa shape index (κ2) is 3.38. The lowest BCUT2D eigenvalue weighted by molar-refractivity contribution is 0.0928. The third-order valence-corrected chi connectivity index (χ3v) is 2.72. The summed E-state index contributed by atoms with van der Waals surface area (Å²) in [5.41, 5.74) is 1.80. The average Bonchev–Trinajstić information content (AvgIpc) is 2.85. The van der Waals surface area contributed by atoms with Gasteiger partial charge in [0.1, 0.15) is 0 Å². The Hall–Kier alpha value is -2.24. The number of hydrogen-bond donors (Lipinski definition) is 1. The number of alkyl halides is 1. The highest BCUT2D eigenvalue weighted by Crippen LogP contribution is 2.32. The molecule has 5 nitrogen and oxygen atoms in total. The summed E-state index contributed by atoms with van der Waals surface area (Å²) in [6.07, 6.45) is 3.38. The number of carbonyl (C=O) groups is 1. The van der Waals surface area contributed by atoms with Crippen LogP contribution >= 0.6 is 0 Å². The minimum absolute atomic E-state index is 0.299. The van der Waals surface area contributed by atoms with Crippen molar-refractivity contribution >= 4 is 5.91 Å². The van der Waals surface area contributed by atoms with Crippen LogP contribution in [0.1, 0.15) is 22.2 Å². The Balaban J connectivity index is 2.23. The number of rotatable bonds is 1. The molecule has 2 aromatic rings. The van der Waals surface area contributed by atoms with Gasteiger partial charge in [0.15, 0.2) is 6.30 Å². The Kier molecular flexibility index (Phi) is 1.98. The highest BCUT2D eigenvalue weighted by atomic mass is 19.1. The monoisotopic (exact) mass is 232 g/mol. The lowest BCUT2D eigenvalue weighted by atomic mass is 10.1. The number of pyridine rings is 1. The van der Waals surface area contributed by atoms with E-state index in [1.54, 1.807) is 24.1 Å². The number of nitrogens with one attached hydrogen (secondary N) is 1. The van der Waals surface area contributed by atoms with Gasteiger partial charge in [-0.1, -0.05) is 0 Å². The predicted molar refractivity (Wildman–Crippen MR) is 57.8 cm³/mol. The minimum atomic E-state index is -1.45. The lowest BCUT2D eigenvalue weighted by Crippen LogP contribution is -2.15. The molecule has 1 amide bonds. The van der Waals surface area contributed by atoms with Crippen LogP contribution in [0.4, 0.5) is 4.39 Å². The Morgan fingerprint density at radius 3 is 3.06 bits per heavy atom. The largest absolute Gasteiger partial charge is 0.318 e. The number of hydrogen-bond acceptors (Lipinski definition) is 3. The van der Waals surface area contributed by atoms with Crippen molar-refractivity contribution in [1.82, 2.24) is 20.1 Å². The van der Waals surface area contributed by atoms with Crippen LogP contribution in [0.25, 0.3) is 11.3 Å². The molecule has 2 aromatic heterocycles. The fraction of sp³-hybridized carbons (Fsp3) is 0.182. The molecule has 0 saturated carbocycles. The van der Waals surface area contributed by atoms with Crippen LogP contribution in [0.3, 0.4) is 0 Å². The van der Waals surface area contributed by atoms with Crippen molar-refractivity contribution in [2.24, 2.45) is 7.05 Å². The second-order valence-electron chi connectivity index (χ2n) is 3.86. The first-order chi connectivity index (χ1) is 8.16. The van der Waals surface area contributed by atoms with Gasteiger partial charge in [-0.25, -0.2) is 4.39 Å². The van der Waals surface area contributed by atoms with E-state index in [9.17, 15) is 9.18 Å². The van der Waals surface area contributed by atoms with Crippen molar-refractivity contribution in [2.75, 3.05) is 0 Å². The smallest absolute Gasteiger partial charge is 0.256 e. The van der Waals surface area contributed by atoms with Gasteiger partial charge in [-0.15, -0.1) is 0 Å². The highest BCUT2D eigenvalue weighted by Gasteiger charge is 2.31. The topological polar surface area (TPSA) is 59.8 Å². The number of carbonyl (C=O) groups excluding carboxylic acids is 1. The molecule has 0 saturated heterocycles. The summed E-state index contributed by atoms with van der Waals surface area (Å²) < 4.78 is 15.1. The van der Waals surface area contributed by atoms with E-state index < -0.39 is 12.2 Å². The number of fused-ring (bicyclic) bond motifs is 1. The van der Waals surface area contributed by atoms with Crippen molar-refractivity contribution in [3.8, 4) is 11.3 Å². The van der Waals surface area contributed by atoms with Gasteiger partial charge < -0.3 is 5.32 Å². The first kappa shape index (κ1) is 9.95. The van der Waals surface area contributed by atoms with Crippen molar-refractivity contribution in [3.63, 3.8) is 0 Å². The van der Waals surface area contributed by atoms with Gasteiger partial charge in [0, 0.05) is 30.6 Å². The molecule has 0 fully saturated rings. The van der Waals surface area contributed by atoms with Gasteiger partial charge in [0.25, 0.3) is 5.91 Å². The first-order valence-electron chi connectivity index (χ1n) is 5.09. The zero-order valence-corrected chi connectivity index (χ0v) is 9.01. The van der Waals surface area contributed by atoms with E-state index in [4.69, 9.17) is 0 Å². The molecular formula is C11H9FN4O. The summed E-state index contributed by atoms with van der Waals surface area (Å²) in [5, 5.41) is 6.24. The van der Waals surface area contributed by atoms with E-state index in [-0.39, 0.29) is 0 Å². The normalized spacial score (nSPS) is 18.0. The summed E-state index contributed by atoms with van der Waals surface area (Å²) in [5.74, 6) is -0.431. The van der Waals surface area contributed by atoms with Gasteiger partial charge in [0.2, 0.25) is 0 Å². The maximum absolute atomic E-state index is 13.5. The molecule has 0 bridgehead atoms. The maximum Gasteiger partial charge on any atom is 0.256 e. The Labute approximate surface area is 96.3 Å². The van der Waals surface area contributed by atoms with Gasteiger partial charge in [0.05, 0.1) is 17.5 Å². The van der Waals surface area contributed by atoms with Crippen molar-refractivity contribution in [2.45, 2.75) is 6.30 Å². The zero-order chi connectivity index (χ0) is 12.0. The summed E-state index contributed by atoms with van der Waals surface area (Å²) in [6, 6.07) is 1.51. The van der Waals surface area contributed by atoms with E-state index in [2.05, 4.69) is 15.4 Å². The summed E-state index contributed by atoms with van der Waals surface area (Å²) in [6.45, 7) is 0. The van der Waals surface area contributed by atoms with Crippen LogP contribution in [0.2, 0.25) is 0 Å². The summed E-state index contributed by atoms with van der Waals surface area (Å²) in [7, 11) is 1.77. The summed E-state index contributed by atoms with van der Waals surface area (Å²) in [4.78, 5) is 15.8. The molecule has 3 rings (SSSR count). The quantitative estimate of drug-likeness (QED) is 0.751. The third-order valence-electron chi connectivity index (χ3n) is 2.72. The van der Waals surface area contributed by atoms with Gasteiger partial charge in [-0.2, -0.15) is 5.10 Å². The number of halogens is 1. The Bertz CT molecular complexity index is 607. The Morgan fingerprint density at radius 2 is 2.35 bits per heavy atom. The molecule has 1 aliphatic rings. The van der Waals surface area contributed by atoms with E-state index in [0.29, 0.717) is 22.4 Å². The molecule has 0 aromatic carbocycles. The number of nitrogens with zero attached hydrogens (tertiary/aromatic N) is 3. The molecule has 1 unspecified atom stereocenters. The maximum atomic E-state index is 13.5. The molecule has 86 valence electrons. The zero-order valence-electron chi connectivity index (χ0n) is 9.01. The fourth-order valence-corrected chi connectivity index (χ4v) is 1.95. The van der Waals surface area contributed by atoms with Gasteiger partial charge >= 0.3 is 0 Å². The second-order valence-corrected chi connectivity index (χ2v) is 3.86. The molecule has 1 aliphatic heterocycles. The van der Waals surface area contributed by atoms with Crippen LogP contribution in [-0.4, -0.2) is 20.7 Å². The van der Waals surface area contributed by atoms with Crippen molar-refractivity contribution < 1.29 is 9.18 Å². The van der Waals surface area contributed by atoms with Crippen molar-refractivity contribution in [3.05, 3.63) is 35.8 Å². The van der Waals surface area contributed by atoms with Crippen LogP contribution in [0.5, 0.6) is 0 Å². The van der Waals surface area contributed by atoms with Crippen LogP contribution in [0.15, 0.2) is 24.7 Å².